The molecule has 0 aromatic carbocycles. The van der Waals surface area contributed by atoms with Gasteiger partial charge in [-0.1, -0.05) is 34.1 Å². The van der Waals surface area contributed by atoms with Gasteiger partial charge in [0.2, 0.25) is 0 Å². The number of hydrogen-bond donors (Lipinski definition) is 1. The maximum atomic E-state index is 5.69. The molecule has 0 saturated carbocycles. The molecular weight excluding hydrogens is 198 g/mol. The topological polar surface area (TPSA) is 21.3 Å². The second-order valence-electron chi connectivity index (χ2n) is 4.70. The zero-order chi connectivity index (χ0) is 12.3. The minimum atomic E-state index is 0.447. The highest BCUT2D eigenvalue weighted by Gasteiger charge is 2.24. The van der Waals surface area contributed by atoms with Crippen LogP contribution in [-0.4, -0.2) is 26.3 Å². The normalized spacial score (nSPS) is 12.0. The Morgan fingerprint density at radius 1 is 1.00 bits per heavy atom. The standard InChI is InChI=1S/C14H31NO/c1-5-9-11-16-12-10-14(6-2,7-3)13-15-8-4/h15H,5-13H2,1-4H3. The van der Waals surface area contributed by atoms with Gasteiger partial charge < -0.3 is 10.1 Å². The maximum Gasteiger partial charge on any atom is 0.0471 e. The summed E-state index contributed by atoms with van der Waals surface area (Å²) in [6.07, 6.45) is 6.10. The third-order valence-corrected chi connectivity index (χ3v) is 3.67. The van der Waals surface area contributed by atoms with Gasteiger partial charge in [-0.2, -0.15) is 0 Å². The van der Waals surface area contributed by atoms with E-state index in [9.17, 15) is 0 Å². The molecule has 0 unspecified atom stereocenters. The van der Waals surface area contributed by atoms with Crippen molar-refractivity contribution in [2.75, 3.05) is 26.3 Å². The van der Waals surface area contributed by atoms with Gasteiger partial charge >= 0.3 is 0 Å². The Morgan fingerprint density at radius 2 is 1.69 bits per heavy atom. The zero-order valence-electron chi connectivity index (χ0n) is 11.8. The molecule has 0 bridgehead atoms. The molecule has 0 saturated heterocycles. The van der Waals surface area contributed by atoms with Gasteiger partial charge in [-0.15, -0.1) is 0 Å². The molecule has 0 fully saturated rings. The lowest BCUT2D eigenvalue weighted by Gasteiger charge is -2.32. The van der Waals surface area contributed by atoms with Crippen molar-refractivity contribution in [1.82, 2.24) is 5.32 Å². The molecule has 16 heavy (non-hydrogen) atoms. The van der Waals surface area contributed by atoms with Gasteiger partial charge in [0.15, 0.2) is 0 Å². The fourth-order valence-electron chi connectivity index (χ4n) is 1.97. The first-order valence-electron chi connectivity index (χ1n) is 7.03. The van der Waals surface area contributed by atoms with E-state index in [1.807, 2.05) is 0 Å². The predicted octanol–water partition coefficient (Wildman–Crippen LogP) is 3.61. The number of hydrogen-bond acceptors (Lipinski definition) is 2. The molecule has 0 rings (SSSR count). The van der Waals surface area contributed by atoms with E-state index < -0.39 is 0 Å². The van der Waals surface area contributed by atoms with Crippen LogP contribution in [0, 0.1) is 5.41 Å². The smallest absolute Gasteiger partial charge is 0.0471 e. The molecule has 0 aromatic rings. The highest BCUT2D eigenvalue weighted by molar-refractivity contribution is 4.78. The third kappa shape index (κ3) is 6.49. The van der Waals surface area contributed by atoms with Gasteiger partial charge in [0.25, 0.3) is 0 Å². The Kier molecular flexibility index (Phi) is 10.0. The van der Waals surface area contributed by atoms with Crippen LogP contribution in [0.1, 0.15) is 59.8 Å². The molecule has 1 N–H and O–H groups in total. The molecule has 0 aliphatic rings. The molecule has 0 radical (unpaired) electrons. The average molecular weight is 229 g/mol. The van der Waals surface area contributed by atoms with Crippen LogP contribution in [-0.2, 0) is 4.74 Å². The maximum absolute atomic E-state index is 5.69. The summed E-state index contributed by atoms with van der Waals surface area (Å²) < 4.78 is 5.69. The van der Waals surface area contributed by atoms with Gasteiger partial charge in [0.1, 0.15) is 0 Å². The zero-order valence-corrected chi connectivity index (χ0v) is 11.8. The van der Waals surface area contributed by atoms with Crippen LogP contribution in [0.3, 0.4) is 0 Å². The highest BCUT2D eigenvalue weighted by Crippen LogP contribution is 2.29. The average Bonchev–Trinajstić information content (AvgIpc) is 2.33. The van der Waals surface area contributed by atoms with Gasteiger partial charge in [0, 0.05) is 19.8 Å². The van der Waals surface area contributed by atoms with Crippen molar-refractivity contribution in [3.63, 3.8) is 0 Å². The summed E-state index contributed by atoms with van der Waals surface area (Å²) in [6, 6.07) is 0. The van der Waals surface area contributed by atoms with E-state index >= 15 is 0 Å². The lowest BCUT2D eigenvalue weighted by Crippen LogP contribution is -2.34. The molecule has 0 amide bonds. The quantitative estimate of drug-likeness (QED) is 0.546. The van der Waals surface area contributed by atoms with E-state index in [0.717, 1.165) is 26.3 Å². The second kappa shape index (κ2) is 10.1. The van der Waals surface area contributed by atoms with Crippen LogP contribution in [0.5, 0.6) is 0 Å². The van der Waals surface area contributed by atoms with Crippen molar-refractivity contribution < 1.29 is 4.74 Å². The second-order valence-corrected chi connectivity index (χ2v) is 4.70. The Morgan fingerprint density at radius 3 is 2.19 bits per heavy atom. The van der Waals surface area contributed by atoms with E-state index in [-0.39, 0.29) is 0 Å². The summed E-state index contributed by atoms with van der Waals surface area (Å²) in [5.41, 5.74) is 0.447. The lowest BCUT2D eigenvalue weighted by molar-refractivity contribution is 0.0864. The van der Waals surface area contributed by atoms with Crippen LogP contribution >= 0.6 is 0 Å². The first kappa shape index (κ1) is 15.9. The summed E-state index contributed by atoms with van der Waals surface area (Å²) >= 11 is 0. The van der Waals surface area contributed by atoms with Crippen LogP contribution in [0.25, 0.3) is 0 Å². The van der Waals surface area contributed by atoms with Crippen molar-refractivity contribution in [2.45, 2.75) is 59.8 Å². The summed E-state index contributed by atoms with van der Waals surface area (Å²) in [4.78, 5) is 0. The minimum Gasteiger partial charge on any atom is -0.381 e. The van der Waals surface area contributed by atoms with Crippen molar-refractivity contribution >= 4 is 0 Å². The Labute approximate surface area is 102 Å². The summed E-state index contributed by atoms with van der Waals surface area (Å²) in [7, 11) is 0. The Hall–Kier alpha value is -0.0800. The van der Waals surface area contributed by atoms with Crippen LogP contribution < -0.4 is 5.32 Å². The molecule has 2 nitrogen and oxygen atoms in total. The van der Waals surface area contributed by atoms with Crippen LogP contribution in [0.2, 0.25) is 0 Å². The van der Waals surface area contributed by atoms with Crippen molar-refractivity contribution in [3.8, 4) is 0 Å². The van der Waals surface area contributed by atoms with E-state index in [4.69, 9.17) is 4.74 Å². The fourth-order valence-corrected chi connectivity index (χ4v) is 1.97. The molecule has 98 valence electrons. The monoisotopic (exact) mass is 229 g/mol. The highest BCUT2D eigenvalue weighted by atomic mass is 16.5. The molecular formula is C14H31NO. The van der Waals surface area contributed by atoms with Gasteiger partial charge in [0.05, 0.1) is 0 Å². The molecule has 0 spiro atoms. The largest absolute Gasteiger partial charge is 0.381 e. The van der Waals surface area contributed by atoms with E-state index in [1.165, 1.54) is 32.1 Å². The van der Waals surface area contributed by atoms with Crippen molar-refractivity contribution in [1.29, 1.82) is 0 Å². The summed E-state index contributed by atoms with van der Waals surface area (Å²) in [5, 5.41) is 3.49. The van der Waals surface area contributed by atoms with Gasteiger partial charge in [-0.05, 0) is 37.6 Å². The van der Waals surface area contributed by atoms with E-state index in [2.05, 4.69) is 33.0 Å². The summed E-state index contributed by atoms with van der Waals surface area (Å²) in [6.45, 7) is 13.0. The molecule has 0 aliphatic carbocycles. The van der Waals surface area contributed by atoms with Crippen molar-refractivity contribution in [2.24, 2.45) is 5.41 Å². The number of rotatable bonds is 11. The number of unbranched alkanes of at least 4 members (excludes halogenated alkanes) is 1. The molecule has 0 atom stereocenters. The molecule has 0 aromatic heterocycles. The van der Waals surface area contributed by atoms with Gasteiger partial charge in [-0.3, -0.25) is 0 Å². The molecule has 0 aliphatic heterocycles. The van der Waals surface area contributed by atoms with Crippen LogP contribution in [0.15, 0.2) is 0 Å². The third-order valence-electron chi connectivity index (χ3n) is 3.67. The predicted molar refractivity (Wildman–Crippen MR) is 71.9 cm³/mol. The first-order valence-corrected chi connectivity index (χ1v) is 7.03. The molecule has 0 heterocycles. The molecule has 2 heteroatoms. The van der Waals surface area contributed by atoms with E-state index in [1.54, 1.807) is 0 Å². The van der Waals surface area contributed by atoms with Crippen LogP contribution in [0.4, 0.5) is 0 Å². The SMILES string of the molecule is CCCCOCCC(CC)(CC)CNCC. The first-order chi connectivity index (χ1) is 7.74. The lowest BCUT2D eigenvalue weighted by atomic mass is 9.79. The van der Waals surface area contributed by atoms with Gasteiger partial charge in [-0.25, -0.2) is 0 Å². The summed E-state index contributed by atoms with van der Waals surface area (Å²) in [5.74, 6) is 0. The van der Waals surface area contributed by atoms with E-state index in [0.29, 0.717) is 5.41 Å². The minimum absolute atomic E-state index is 0.447. The Bertz CT molecular complexity index is 144. The number of nitrogens with one attached hydrogen (secondary N) is 1. The van der Waals surface area contributed by atoms with Crippen molar-refractivity contribution in [3.05, 3.63) is 0 Å². The fraction of sp³-hybridized carbons (Fsp3) is 1.00. The number of ether oxygens (including phenoxy) is 1. The Balaban J connectivity index is 3.82.